The van der Waals surface area contributed by atoms with Crippen molar-refractivity contribution in [3.05, 3.63) is 93.4 Å². The number of furan rings is 1. The first-order chi connectivity index (χ1) is 15.4. The van der Waals surface area contributed by atoms with Crippen LogP contribution in [0, 0.1) is 17.0 Å². The number of rotatable bonds is 8. The average Bonchev–Trinajstić information content (AvgIpc) is 3.26. The van der Waals surface area contributed by atoms with Crippen LogP contribution in [0.2, 0.25) is 0 Å². The van der Waals surface area contributed by atoms with Crippen molar-refractivity contribution >= 4 is 23.6 Å². The third-order valence-corrected chi connectivity index (χ3v) is 4.60. The van der Waals surface area contributed by atoms with Crippen LogP contribution in [0.15, 0.2) is 70.8 Å². The molecular formula is C24H23N3O5. The van der Waals surface area contributed by atoms with Crippen molar-refractivity contribution in [1.82, 2.24) is 10.6 Å². The van der Waals surface area contributed by atoms with E-state index in [2.05, 4.69) is 10.6 Å². The normalized spacial score (nSPS) is 11.1. The smallest absolute Gasteiger partial charge is 0.270 e. The van der Waals surface area contributed by atoms with E-state index >= 15 is 0 Å². The number of non-ortho nitro benzene ring substituents is 1. The summed E-state index contributed by atoms with van der Waals surface area (Å²) in [7, 11) is 0. The molecule has 0 saturated carbocycles. The van der Waals surface area contributed by atoms with Gasteiger partial charge in [0.15, 0.2) is 0 Å². The summed E-state index contributed by atoms with van der Waals surface area (Å²) in [5.74, 6) is -0.149. The molecule has 1 aromatic heterocycles. The number of nitro benzene ring substituents is 1. The first-order valence-corrected chi connectivity index (χ1v) is 10.1. The highest BCUT2D eigenvalue weighted by Crippen LogP contribution is 2.26. The second-order valence-electron chi connectivity index (χ2n) is 7.14. The Morgan fingerprint density at radius 3 is 2.53 bits per heavy atom. The molecule has 2 N–H and O–H groups in total. The Morgan fingerprint density at radius 1 is 1.09 bits per heavy atom. The van der Waals surface area contributed by atoms with Crippen LogP contribution in [0.25, 0.3) is 17.4 Å². The third-order valence-electron chi connectivity index (χ3n) is 4.60. The van der Waals surface area contributed by atoms with Crippen molar-refractivity contribution in [3.8, 4) is 11.3 Å². The SMILES string of the molecule is CCCNC(=O)/C(=C/c1ccc(-c2cccc([N+](=O)[O-])c2)o1)NC(=O)c1ccc(C)cc1. The second kappa shape index (κ2) is 10.2. The maximum atomic E-state index is 12.6. The molecule has 2 aromatic carbocycles. The van der Waals surface area contributed by atoms with E-state index in [0.29, 0.717) is 29.2 Å². The molecule has 8 nitrogen and oxygen atoms in total. The number of hydrogen-bond donors (Lipinski definition) is 2. The minimum absolute atomic E-state index is 0.0315. The molecule has 0 aliphatic carbocycles. The number of hydrogen-bond acceptors (Lipinski definition) is 5. The van der Waals surface area contributed by atoms with Crippen molar-refractivity contribution in [2.45, 2.75) is 20.3 Å². The molecule has 0 fully saturated rings. The molecule has 2 amide bonds. The third kappa shape index (κ3) is 5.69. The molecule has 3 rings (SSSR count). The van der Waals surface area contributed by atoms with Crippen LogP contribution in [0.3, 0.4) is 0 Å². The van der Waals surface area contributed by atoms with Gasteiger partial charge in [-0.25, -0.2) is 0 Å². The lowest BCUT2D eigenvalue weighted by atomic mass is 10.1. The van der Waals surface area contributed by atoms with Gasteiger partial charge in [-0.15, -0.1) is 0 Å². The van der Waals surface area contributed by atoms with Crippen molar-refractivity contribution in [3.63, 3.8) is 0 Å². The fourth-order valence-electron chi connectivity index (χ4n) is 2.89. The lowest BCUT2D eigenvalue weighted by Crippen LogP contribution is -2.35. The van der Waals surface area contributed by atoms with Crippen LogP contribution in [-0.4, -0.2) is 23.3 Å². The molecule has 0 spiro atoms. The van der Waals surface area contributed by atoms with Gasteiger partial charge in [0, 0.05) is 35.9 Å². The molecule has 1 heterocycles. The summed E-state index contributed by atoms with van der Waals surface area (Å²) in [5, 5.41) is 16.4. The summed E-state index contributed by atoms with van der Waals surface area (Å²) in [5.41, 5.74) is 1.94. The van der Waals surface area contributed by atoms with E-state index in [1.807, 2.05) is 26.0 Å². The Kier molecular flexibility index (Phi) is 7.17. The van der Waals surface area contributed by atoms with E-state index in [1.165, 1.54) is 18.2 Å². The Hall–Kier alpha value is -4.20. The quantitative estimate of drug-likeness (QED) is 0.309. The summed E-state index contributed by atoms with van der Waals surface area (Å²) in [6, 6.07) is 16.3. The highest BCUT2D eigenvalue weighted by Gasteiger charge is 2.16. The Balaban J connectivity index is 1.88. The molecule has 0 saturated heterocycles. The summed E-state index contributed by atoms with van der Waals surface area (Å²) >= 11 is 0. The number of carbonyl (C=O) groups excluding carboxylic acids is 2. The molecule has 0 unspecified atom stereocenters. The number of aryl methyl sites for hydroxylation is 1. The van der Waals surface area contributed by atoms with Gasteiger partial charge >= 0.3 is 0 Å². The zero-order chi connectivity index (χ0) is 23.1. The van der Waals surface area contributed by atoms with Crippen LogP contribution < -0.4 is 10.6 Å². The van der Waals surface area contributed by atoms with Gasteiger partial charge in [-0.05, 0) is 37.6 Å². The zero-order valence-electron chi connectivity index (χ0n) is 17.8. The standard InChI is InChI=1S/C24H23N3O5/c1-3-13-25-24(29)21(26-23(28)17-9-7-16(2)8-10-17)15-20-11-12-22(32-20)18-5-4-6-19(14-18)27(30)31/h4-12,14-15H,3,13H2,1-2H3,(H,25,29)(H,26,28)/b21-15-. The molecule has 0 aliphatic heterocycles. The zero-order valence-corrected chi connectivity index (χ0v) is 17.8. The lowest BCUT2D eigenvalue weighted by Gasteiger charge is -2.10. The number of nitrogens with one attached hydrogen (secondary N) is 2. The van der Waals surface area contributed by atoms with Crippen molar-refractivity contribution in [2.75, 3.05) is 6.54 Å². The van der Waals surface area contributed by atoms with Gasteiger partial charge in [-0.2, -0.15) is 0 Å². The van der Waals surface area contributed by atoms with E-state index in [1.54, 1.807) is 36.4 Å². The van der Waals surface area contributed by atoms with Crippen LogP contribution in [-0.2, 0) is 4.79 Å². The van der Waals surface area contributed by atoms with Gasteiger partial charge in [0.05, 0.1) is 4.92 Å². The summed E-state index contributed by atoms with van der Waals surface area (Å²) in [4.78, 5) is 35.8. The molecule has 8 heteroatoms. The number of amides is 2. The highest BCUT2D eigenvalue weighted by atomic mass is 16.6. The van der Waals surface area contributed by atoms with Crippen LogP contribution >= 0.6 is 0 Å². The fraction of sp³-hybridized carbons (Fsp3) is 0.167. The molecule has 0 atom stereocenters. The minimum Gasteiger partial charge on any atom is -0.457 e. The molecule has 0 aliphatic rings. The van der Waals surface area contributed by atoms with E-state index in [9.17, 15) is 19.7 Å². The van der Waals surface area contributed by atoms with Crippen LogP contribution in [0.4, 0.5) is 5.69 Å². The van der Waals surface area contributed by atoms with Crippen LogP contribution in [0.5, 0.6) is 0 Å². The number of carbonyl (C=O) groups is 2. The summed E-state index contributed by atoms with van der Waals surface area (Å²) < 4.78 is 5.76. The molecule has 3 aromatic rings. The molecule has 164 valence electrons. The van der Waals surface area contributed by atoms with Gasteiger partial charge in [-0.3, -0.25) is 19.7 Å². The first-order valence-electron chi connectivity index (χ1n) is 10.1. The Bertz CT molecular complexity index is 1160. The van der Waals surface area contributed by atoms with E-state index in [-0.39, 0.29) is 11.4 Å². The number of nitro groups is 1. The maximum Gasteiger partial charge on any atom is 0.270 e. The second-order valence-corrected chi connectivity index (χ2v) is 7.14. The Labute approximate surface area is 185 Å². The highest BCUT2D eigenvalue weighted by molar-refractivity contribution is 6.05. The molecule has 32 heavy (non-hydrogen) atoms. The lowest BCUT2D eigenvalue weighted by molar-refractivity contribution is -0.384. The molecule has 0 radical (unpaired) electrons. The monoisotopic (exact) mass is 433 g/mol. The summed E-state index contributed by atoms with van der Waals surface area (Å²) in [6.45, 7) is 4.29. The first kappa shape index (κ1) is 22.5. The number of benzene rings is 2. The summed E-state index contributed by atoms with van der Waals surface area (Å²) in [6.07, 6.45) is 2.17. The van der Waals surface area contributed by atoms with E-state index in [0.717, 1.165) is 12.0 Å². The molecule has 0 bridgehead atoms. The van der Waals surface area contributed by atoms with Crippen molar-refractivity contribution < 1.29 is 18.9 Å². The minimum atomic E-state index is -0.482. The van der Waals surface area contributed by atoms with E-state index < -0.39 is 16.7 Å². The van der Waals surface area contributed by atoms with Gasteiger partial charge in [0.25, 0.3) is 17.5 Å². The van der Waals surface area contributed by atoms with Gasteiger partial charge < -0.3 is 15.1 Å². The maximum absolute atomic E-state index is 12.6. The number of nitrogens with zero attached hydrogens (tertiary/aromatic N) is 1. The fourth-order valence-corrected chi connectivity index (χ4v) is 2.89. The molecular weight excluding hydrogens is 410 g/mol. The van der Waals surface area contributed by atoms with Gasteiger partial charge in [0.2, 0.25) is 0 Å². The topological polar surface area (TPSA) is 114 Å². The van der Waals surface area contributed by atoms with Gasteiger partial charge in [0.1, 0.15) is 17.2 Å². The van der Waals surface area contributed by atoms with Crippen molar-refractivity contribution in [1.29, 1.82) is 0 Å². The average molecular weight is 433 g/mol. The van der Waals surface area contributed by atoms with Crippen molar-refractivity contribution in [2.24, 2.45) is 0 Å². The predicted octanol–water partition coefficient (Wildman–Crippen LogP) is 4.46. The van der Waals surface area contributed by atoms with E-state index in [4.69, 9.17) is 4.42 Å². The Morgan fingerprint density at radius 2 is 1.84 bits per heavy atom. The largest absolute Gasteiger partial charge is 0.457 e. The van der Waals surface area contributed by atoms with Crippen LogP contribution in [0.1, 0.15) is 35.0 Å². The predicted molar refractivity (Wildman–Crippen MR) is 121 cm³/mol. The van der Waals surface area contributed by atoms with Gasteiger partial charge in [-0.1, -0.05) is 36.8 Å².